The average molecular weight is 1160 g/mol. The number of esters is 8. The minimum atomic E-state index is -0.639. The average Bonchev–Trinajstić information content (AvgIpc) is 1.98. The van der Waals surface area contributed by atoms with E-state index in [4.69, 9.17) is 37.9 Å². The monoisotopic (exact) mass is 1160 g/mol. The quantitative estimate of drug-likeness (QED) is 0.0513. The van der Waals surface area contributed by atoms with E-state index >= 15 is 0 Å². The standard InChI is InChI=1S/C70H62O16/c1-9-79-63(71)55-35-56(64(72)80-10-2)44-26-18-39(17-25-43(44)55)51-33-53(41-21-29-47-48(30-22-41)60(68(76)84-14-6)37-59(47)67(75)83-13-5)54(42-23-31-49-50(32-24-42)62(70(78)86-16-8)38-61(49)69(77)85-15-7)34-52(51)40-19-27-45-46(28-20-40)58(66(74)82-12-4)36-57(45)65(73)81-11-3/h17-38H,9-16H2,1-8H3. The second kappa shape index (κ2) is 26.6. The molecular weight excluding hydrogens is 1100 g/mol. The first-order chi connectivity index (χ1) is 41.6. The highest BCUT2D eigenvalue weighted by molar-refractivity contribution is 6.12. The van der Waals surface area contributed by atoms with E-state index in [0.29, 0.717) is 89.0 Å². The summed E-state index contributed by atoms with van der Waals surface area (Å²) in [6, 6.07) is 38.3. The highest BCUT2D eigenvalue weighted by Crippen LogP contribution is 2.46. The molecule has 9 rings (SSSR count). The third-order valence-electron chi connectivity index (χ3n) is 14.4. The Morgan fingerprint density at radius 3 is 0.442 bits per heavy atom. The molecular formula is C70H62O16. The fourth-order valence-corrected chi connectivity index (χ4v) is 10.7. The molecule has 1 aromatic carbocycles. The summed E-state index contributed by atoms with van der Waals surface area (Å²) in [4.78, 5) is 109. The molecule has 0 amide bonds. The molecule has 1 aromatic rings. The van der Waals surface area contributed by atoms with Gasteiger partial charge in [0, 0.05) is 0 Å². The van der Waals surface area contributed by atoms with Crippen molar-refractivity contribution < 1.29 is 76.3 Å². The van der Waals surface area contributed by atoms with Gasteiger partial charge in [0.2, 0.25) is 0 Å². The smallest absolute Gasteiger partial charge is 0.338 e. The molecule has 86 heavy (non-hydrogen) atoms. The number of benzene rings is 1. The Bertz CT molecular complexity index is 3280. The maximum atomic E-state index is 13.6. The van der Waals surface area contributed by atoms with Crippen molar-refractivity contribution in [1.82, 2.24) is 0 Å². The second-order valence-corrected chi connectivity index (χ2v) is 19.4. The lowest BCUT2D eigenvalue weighted by molar-refractivity contribution is 0.0511. The van der Waals surface area contributed by atoms with E-state index in [1.807, 2.05) is 60.7 Å². The van der Waals surface area contributed by atoms with Crippen LogP contribution in [0.1, 0.15) is 138 Å². The summed E-state index contributed by atoms with van der Waals surface area (Å²) in [7, 11) is 0. The van der Waals surface area contributed by atoms with Gasteiger partial charge >= 0.3 is 47.8 Å². The van der Waals surface area contributed by atoms with Crippen LogP contribution in [0.25, 0.3) is 89.0 Å². The first-order valence-corrected chi connectivity index (χ1v) is 28.5. The molecule has 0 fully saturated rings. The van der Waals surface area contributed by atoms with Crippen molar-refractivity contribution in [3.8, 4) is 89.0 Å². The van der Waals surface area contributed by atoms with E-state index in [9.17, 15) is 38.4 Å². The fraction of sp³-hybridized carbons (Fsp3) is 0.229. The van der Waals surface area contributed by atoms with E-state index in [-0.39, 0.29) is 97.4 Å². The van der Waals surface area contributed by atoms with Crippen LogP contribution in [0.4, 0.5) is 0 Å². The highest BCUT2D eigenvalue weighted by atomic mass is 16.6. The Labute approximate surface area is 497 Å². The number of ether oxygens (including phenoxy) is 8. The lowest BCUT2D eigenvalue weighted by Crippen LogP contribution is -2.05. The van der Waals surface area contributed by atoms with Gasteiger partial charge in [-0.15, -0.1) is 0 Å². The van der Waals surface area contributed by atoms with Crippen LogP contribution < -0.4 is 0 Å². The first-order valence-electron chi connectivity index (χ1n) is 28.5. The van der Waals surface area contributed by atoms with E-state index in [1.54, 1.807) is 104 Å². The van der Waals surface area contributed by atoms with Crippen LogP contribution in [-0.4, -0.2) is 101 Å². The Hall–Kier alpha value is -10.2. The number of fused-ring (bicyclic) bond motifs is 4. The molecule has 0 saturated heterocycles. The minimum Gasteiger partial charge on any atom is -0.462 e. The number of hydrogen-bond donors (Lipinski definition) is 0. The van der Waals surface area contributed by atoms with Gasteiger partial charge in [-0.05, 0) is 181 Å². The molecule has 438 valence electrons. The molecule has 0 bridgehead atoms. The van der Waals surface area contributed by atoms with E-state index in [1.165, 1.54) is 24.3 Å². The van der Waals surface area contributed by atoms with E-state index < -0.39 is 47.8 Å². The van der Waals surface area contributed by atoms with Crippen molar-refractivity contribution in [1.29, 1.82) is 0 Å². The molecule has 0 saturated carbocycles. The summed E-state index contributed by atoms with van der Waals surface area (Å²) in [5.74, 6) is -5.11. The van der Waals surface area contributed by atoms with Gasteiger partial charge in [0.15, 0.2) is 0 Å². The summed E-state index contributed by atoms with van der Waals surface area (Å²) in [6.07, 6.45) is 0. The molecule has 16 nitrogen and oxygen atoms in total. The molecule has 8 aliphatic carbocycles. The van der Waals surface area contributed by atoms with Crippen molar-refractivity contribution >= 4 is 47.8 Å². The summed E-state index contributed by atoms with van der Waals surface area (Å²) < 4.78 is 43.8. The van der Waals surface area contributed by atoms with Crippen LogP contribution in [-0.2, 0) is 37.9 Å². The van der Waals surface area contributed by atoms with Crippen molar-refractivity contribution in [2.45, 2.75) is 55.4 Å². The van der Waals surface area contributed by atoms with Crippen LogP contribution in [0.2, 0.25) is 0 Å². The molecule has 0 spiro atoms. The Morgan fingerprint density at radius 2 is 0.326 bits per heavy atom. The predicted molar refractivity (Wildman–Crippen MR) is 322 cm³/mol. The fourth-order valence-electron chi connectivity index (χ4n) is 10.7. The lowest BCUT2D eigenvalue weighted by Gasteiger charge is -2.17. The van der Waals surface area contributed by atoms with E-state index in [0.717, 1.165) is 0 Å². The maximum absolute atomic E-state index is 13.6. The Balaban J connectivity index is 1.43. The lowest BCUT2D eigenvalue weighted by atomic mass is 9.86. The van der Waals surface area contributed by atoms with Gasteiger partial charge in [-0.25, -0.2) is 38.4 Å². The number of hydrogen-bond acceptors (Lipinski definition) is 16. The molecule has 0 N–H and O–H groups in total. The third kappa shape index (κ3) is 11.8. The molecule has 0 atom stereocenters. The molecule has 8 aliphatic rings. The van der Waals surface area contributed by atoms with Crippen LogP contribution in [0.3, 0.4) is 0 Å². The van der Waals surface area contributed by atoms with Gasteiger partial charge in [-0.1, -0.05) is 97.1 Å². The Kier molecular flexibility index (Phi) is 18.7. The summed E-state index contributed by atoms with van der Waals surface area (Å²) in [5, 5.41) is 0. The van der Waals surface area contributed by atoms with Crippen LogP contribution in [0.5, 0.6) is 0 Å². The SMILES string of the molecule is CCOC(=O)c1cc(C(=O)OCC)c2ccc(-c3cc(-c4ccc5c(C(=O)OCC)cc(C(=O)OCC)c-5cc4)c(-c4ccc5c(C(=O)OCC)cc(C(=O)OCC)c-5cc4)cc3-c3ccc4c(C(=O)OCC)cc(C(=O)OCC)c-4cc3)ccc1-2. The summed E-state index contributed by atoms with van der Waals surface area (Å²) in [5.41, 5.74) is 9.30. The molecule has 0 aliphatic heterocycles. The number of carbonyl (C=O) groups is 8. The van der Waals surface area contributed by atoms with Gasteiger partial charge < -0.3 is 37.9 Å². The number of rotatable bonds is 20. The molecule has 0 heterocycles. The van der Waals surface area contributed by atoms with Crippen molar-refractivity contribution in [3.05, 3.63) is 178 Å². The molecule has 0 radical (unpaired) electrons. The molecule has 0 aromatic heterocycles. The van der Waals surface area contributed by atoms with Crippen molar-refractivity contribution in [3.63, 3.8) is 0 Å². The van der Waals surface area contributed by atoms with Gasteiger partial charge in [0.25, 0.3) is 0 Å². The minimum absolute atomic E-state index is 0.0793. The first kappa shape index (κ1) is 60.4. The third-order valence-corrected chi connectivity index (χ3v) is 14.4. The predicted octanol–water partition coefficient (Wildman–Crippen LogP) is 14.2. The zero-order chi connectivity index (χ0) is 61.3. The maximum Gasteiger partial charge on any atom is 0.338 e. The summed E-state index contributed by atoms with van der Waals surface area (Å²) in [6.45, 7) is 14.1. The zero-order valence-corrected chi connectivity index (χ0v) is 48.9. The summed E-state index contributed by atoms with van der Waals surface area (Å²) >= 11 is 0. The van der Waals surface area contributed by atoms with Gasteiger partial charge in [-0.3, -0.25) is 0 Å². The largest absolute Gasteiger partial charge is 0.462 e. The zero-order valence-electron chi connectivity index (χ0n) is 48.9. The molecule has 0 unspecified atom stereocenters. The van der Waals surface area contributed by atoms with Crippen LogP contribution in [0, 0.1) is 0 Å². The molecule has 16 heteroatoms. The normalized spacial score (nSPS) is 11.1. The van der Waals surface area contributed by atoms with Gasteiger partial charge in [0.1, 0.15) is 0 Å². The van der Waals surface area contributed by atoms with Crippen molar-refractivity contribution in [2.75, 3.05) is 52.9 Å². The topological polar surface area (TPSA) is 210 Å². The van der Waals surface area contributed by atoms with Crippen molar-refractivity contribution in [2.24, 2.45) is 0 Å². The van der Waals surface area contributed by atoms with E-state index in [2.05, 4.69) is 0 Å². The second-order valence-electron chi connectivity index (χ2n) is 19.4. The van der Waals surface area contributed by atoms with Gasteiger partial charge in [-0.2, -0.15) is 0 Å². The Morgan fingerprint density at radius 1 is 0.198 bits per heavy atom. The van der Waals surface area contributed by atoms with Crippen LogP contribution in [0.15, 0.2) is 133 Å². The van der Waals surface area contributed by atoms with Crippen LogP contribution >= 0.6 is 0 Å². The van der Waals surface area contributed by atoms with Gasteiger partial charge in [0.05, 0.1) is 97.4 Å². The highest BCUT2D eigenvalue weighted by Gasteiger charge is 2.31. The number of carbonyl (C=O) groups excluding carboxylic acids is 8.